The molecule has 27 heavy (non-hydrogen) atoms. The second kappa shape index (κ2) is 7.89. The van der Waals surface area contributed by atoms with Crippen LogP contribution in [0, 0.1) is 34.0 Å². The number of hydrogen-bond donors (Lipinski definition) is 0. The number of Topliss-reactive ketones (excluding diaryl/α,β-unsaturated/α-hetero) is 1. The van der Waals surface area contributed by atoms with Crippen molar-refractivity contribution in [2.24, 2.45) is 11.3 Å². The van der Waals surface area contributed by atoms with E-state index in [2.05, 4.69) is 12.1 Å². The van der Waals surface area contributed by atoms with E-state index in [4.69, 9.17) is 4.74 Å². The van der Waals surface area contributed by atoms with Crippen LogP contribution < -0.4 is 4.74 Å². The molecule has 4 nitrogen and oxygen atoms in total. The molecule has 0 saturated heterocycles. The number of hydrogen-bond acceptors (Lipinski definition) is 4. The van der Waals surface area contributed by atoms with Gasteiger partial charge in [-0.3, -0.25) is 4.79 Å². The zero-order chi connectivity index (χ0) is 19.3. The quantitative estimate of drug-likeness (QED) is 0.808. The van der Waals surface area contributed by atoms with Gasteiger partial charge in [0.1, 0.15) is 11.5 Å². The second-order valence-corrected chi connectivity index (χ2v) is 6.74. The topological polar surface area (TPSA) is 73.9 Å². The van der Waals surface area contributed by atoms with Crippen molar-refractivity contribution in [1.29, 1.82) is 10.5 Å². The van der Waals surface area contributed by atoms with Gasteiger partial charge in [0.25, 0.3) is 0 Å². The smallest absolute Gasteiger partial charge is 0.157 e. The van der Waals surface area contributed by atoms with Crippen LogP contribution in [0.3, 0.4) is 0 Å². The molecule has 134 valence electrons. The molecule has 2 aromatic rings. The summed E-state index contributed by atoms with van der Waals surface area (Å²) in [6, 6.07) is 21.4. The predicted molar refractivity (Wildman–Crippen MR) is 103 cm³/mol. The van der Waals surface area contributed by atoms with Crippen molar-refractivity contribution in [1.82, 2.24) is 0 Å². The van der Waals surface area contributed by atoms with Crippen LogP contribution in [0.5, 0.6) is 5.75 Å². The van der Waals surface area contributed by atoms with Crippen LogP contribution in [0.4, 0.5) is 0 Å². The fourth-order valence-electron chi connectivity index (χ4n) is 3.71. The standard InChI is InChI=1S/C23H20N2O2/c1-27-21-11-8-18(9-12-21)22-14-20(26)13-19(23(22,15-24)16-25)10-7-17-5-3-2-4-6-17/h2-12,19,22H,13-14H2,1H3/b10-7+/t19-,22+/m1/s1. The number of carbonyl (C=O) groups is 1. The molecule has 0 radical (unpaired) electrons. The molecule has 0 aromatic heterocycles. The maximum atomic E-state index is 12.4. The molecular formula is C23H20N2O2. The third kappa shape index (κ3) is 3.61. The van der Waals surface area contributed by atoms with E-state index < -0.39 is 17.3 Å². The summed E-state index contributed by atoms with van der Waals surface area (Å²) >= 11 is 0. The Balaban J connectivity index is 2.00. The highest BCUT2D eigenvalue weighted by Gasteiger charge is 2.51. The van der Waals surface area contributed by atoms with E-state index in [1.165, 1.54) is 0 Å². The first kappa shape index (κ1) is 18.4. The lowest BCUT2D eigenvalue weighted by Gasteiger charge is -2.38. The van der Waals surface area contributed by atoms with E-state index in [0.717, 1.165) is 11.1 Å². The highest BCUT2D eigenvalue weighted by atomic mass is 16.5. The second-order valence-electron chi connectivity index (χ2n) is 6.74. The molecule has 1 saturated carbocycles. The number of nitriles is 2. The van der Waals surface area contributed by atoms with Crippen LogP contribution in [-0.2, 0) is 4.79 Å². The van der Waals surface area contributed by atoms with Crippen LogP contribution in [0.2, 0.25) is 0 Å². The third-order valence-electron chi connectivity index (χ3n) is 5.22. The van der Waals surface area contributed by atoms with Crippen molar-refractivity contribution in [3.05, 3.63) is 71.8 Å². The average Bonchev–Trinajstić information content (AvgIpc) is 2.73. The van der Waals surface area contributed by atoms with E-state index in [0.29, 0.717) is 5.75 Å². The van der Waals surface area contributed by atoms with Gasteiger partial charge in [-0.15, -0.1) is 0 Å². The van der Waals surface area contributed by atoms with Crippen molar-refractivity contribution in [3.63, 3.8) is 0 Å². The lowest BCUT2D eigenvalue weighted by atomic mass is 9.59. The largest absolute Gasteiger partial charge is 0.497 e. The van der Waals surface area contributed by atoms with Crippen molar-refractivity contribution < 1.29 is 9.53 Å². The molecule has 0 bridgehead atoms. The van der Waals surface area contributed by atoms with Gasteiger partial charge < -0.3 is 4.74 Å². The number of nitrogens with zero attached hydrogens (tertiary/aromatic N) is 2. The van der Waals surface area contributed by atoms with E-state index in [-0.39, 0.29) is 18.6 Å². The Morgan fingerprint density at radius 3 is 2.30 bits per heavy atom. The zero-order valence-corrected chi connectivity index (χ0v) is 15.1. The van der Waals surface area contributed by atoms with Gasteiger partial charge in [-0.25, -0.2) is 0 Å². The van der Waals surface area contributed by atoms with Crippen LogP contribution in [-0.4, -0.2) is 12.9 Å². The number of methoxy groups -OCH3 is 1. The Bertz CT molecular complexity index is 904. The number of rotatable bonds is 4. The summed E-state index contributed by atoms with van der Waals surface area (Å²) in [5.41, 5.74) is 0.500. The fourth-order valence-corrected chi connectivity index (χ4v) is 3.71. The van der Waals surface area contributed by atoms with Crippen LogP contribution >= 0.6 is 0 Å². The molecule has 0 heterocycles. The van der Waals surface area contributed by atoms with Gasteiger partial charge in [-0.05, 0) is 23.3 Å². The van der Waals surface area contributed by atoms with E-state index in [1.807, 2.05) is 54.6 Å². The van der Waals surface area contributed by atoms with Crippen molar-refractivity contribution >= 4 is 11.9 Å². The molecule has 0 aliphatic heterocycles. The number of carbonyl (C=O) groups excluding carboxylic acids is 1. The van der Waals surface area contributed by atoms with Crippen LogP contribution in [0.25, 0.3) is 6.08 Å². The molecule has 4 heteroatoms. The van der Waals surface area contributed by atoms with Gasteiger partial charge in [0.15, 0.2) is 5.41 Å². The van der Waals surface area contributed by atoms with Gasteiger partial charge >= 0.3 is 0 Å². The monoisotopic (exact) mass is 356 g/mol. The van der Waals surface area contributed by atoms with Gasteiger partial charge in [0.2, 0.25) is 0 Å². The Kier molecular flexibility index (Phi) is 5.38. The SMILES string of the molecule is COc1ccc([C@@H]2CC(=O)C[C@@H](/C=C/c3ccccc3)C2(C#N)C#N)cc1. The molecule has 1 fully saturated rings. The van der Waals surface area contributed by atoms with Gasteiger partial charge in [0, 0.05) is 24.7 Å². The zero-order valence-electron chi connectivity index (χ0n) is 15.1. The van der Waals surface area contributed by atoms with Crippen molar-refractivity contribution in [3.8, 4) is 17.9 Å². The molecule has 2 atom stereocenters. The Morgan fingerprint density at radius 1 is 1.04 bits per heavy atom. The van der Waals surface area contributed by atoms with E-state index in [9.17, 15) is 15.3 Å². The first-order chi connectivity index (χ1) is 13.1. The minimum Gasteiger partial charge on any atom is -0.497 e. The normalized spacial score (nSPS) is 21.4. The minimum atomic E-state index is -1.28. The van der Waals surface area contributed by atoms with E-state index >= 15 is 0 Å². The summed E-state index contributed by atoms with van der Waals surface area (Å²) in [6.07, 6.45) is 4.13. The number of allylic oxidation sites excluding steroid dienone is 1. The maximum Gasteiger partial charge on any atom is 0.157 e. The molecule has 0 N–H and O–H groups in total. The Morgan fingerprint density at radius 2 is 1.70 bits per heavy atom. The molecule has 1 aliphatic rings. The highest BCUT2D eigenvalue weighted by molar-refractivity contribution is 5.82. The number of ketones is 1. The summed E-state index contributed by atoms with van der Waals surface area (Å²) in [5.74, 6) is -0.160. The van der Waals surface area contributed by atoms with Crippen molar-refractivity contribution in [2.75, 3.05) is 7.11 Å². The van der Waals surface area contributed by atoms with Gasteiger partial charge in [0.05, 0.1) is 19.2 Å². The maximum absolute atomic E-state index is 12.4. The third-order valence-corrected chi connectivity index (χ3v) is 5.22. The molecule has 3 rings (SSSR count). The molecule has 0 amide bonds. The van der Waals surface area contributed by atoms with Crippen LogP contribution in [0.1, 0.15) is 29.9 Å². The summed E-state index contributed by atoms with van der Waals surface area (Å²) in [7, 11) is 1.58. The molecule has 0 spiro atoms. The summed E-state index contributed by atoms with van der Waals surface area (Å²) in [4.78, 5) is 12.4. The molecule has 2 aromatic carbocycles. The average molecular weight is 356 g/mol. The summed E-state index contributed by atoms with van der Waals surface area (Å²) in [6.45, 7) is 0. The molecule has 0 unspecified atom stereocenters. The summed E-state index contributed by atoms with van der Waals surface area (Å²) in [5, 5.41) is 20.0. The van der Waals surface area contributed by atoms with Gasteiger partial charge in [-0.1, -0.05) is 54.6 Å². The lowest BCUT2D eigenvalue weighted by Crippen LogP contribution is -2.40. The molecular weight excluding hydrogens is 336 g/mol. The highest BCUT2D eigenvalue weighted by Crippen LogP contribution is 2.50. The van der Waals surface area contributed by atoms with Crippen LogP contribution in [0.15, 0.2) is 60.7 Å². The van der Waals surface area contributed by atoms with Crippen molar-refractivity contribution in [2.45, 2.75) is 18.8 Å². The van der Waals surface area contributed by atoms with Gasteiger partial charge in [-0.2, -0.15) is 10.5 Å². The van der Waals surface area contributed by atoms with E-state index in [1.54, 1.807) is 19.2 Å². The fraction of sp³-hybridized carbons (Fsp3) is 0.261. The lowest BCUT2D eigenvalue weighted by molar-refractivity contribution is -0.123. The summed E-state index contributed by atoms with van der Waals surface area (Å²) < 4.78 is 5.18. The Hall–Kier alpha value is -3.37. The Labute approximate surface area is 159 Å². The predicted octanol–water partition coefficient (Wildman–Crippen LogP) is 4.50. The number of benzene rings is 2. The molecule has 1 aliphatic carbocycles. The minimum absolute atomic E-state index is 0.0691. The number of ether oxygens (including phenoxy) is 1. The first-order valence-electron chi connectivity index (χ1n) is 8.84. The first-order valence-corrected chi connectivity index (χ1v) is 8.84.